The Bertz CT molecular complexity index is 1330. The van der Waals surface area contributed by atoms with Crippen LogP contribution in [0.15, 0.2) is 24.5 Å². The number of alkyl halides is 3. The highest BCUT2D eigenvalue weighted by molar-refractivity contribution is 8.93. The number of H-pyrrole nitrogens is 1. The Morgan fingerprint density at radius 2 is 1.95 bits per heavy atom. The molecule has 0 saturated carbocycles. The molecular formula is C23H23BrF5N7O. The molecule has 0 bridgehead atoms. The topological polar surface area (TPSA) is 103 Å². The van der Waals surface area contributed by atoms with Crippen LogP contribution >= 0.6 is 17.0 Å². The lowest BCUT2D eigenvalue weighted by atomic mass is 9.86. The molecule has 1 atom stereocenters. The molecule has 3 heterocycles. The predicted octanol–water partition coefficient (Wildman–Crippen LogP) is 4.56. The number of nitriles is 1. The fourth-order valence-corrected chi connectivity index (χ4v) is 4.32. The molecule has 2 aromatic heterocycles. The van der Waals surface area contributed by atoms with Crippen molar-refractivity contribution in [3.63, 3.8) is 0 Å². The van der Waals surface area contributed by atoms with Crippen molar-refractivity contribution in [3.8, 4) is 17.2 Å². The molecule has 14 heteroatoms. The van der Waals surface area contributed by atoms with E-state index in [1.165, 1.54) is 4.90 Å². The third kappa shape index (κ3) is 5.18. The number of rotatable bonds is 6. The number of carbonyl (C=O) groups is 1. The summed E-state index contributed by atoms with van der Waals surface area (Å²) in [7, 11) is 0. The molecule has 0 radical (unpaired) electrons. The zero-order valence-corrected chi connectivity index (χ0v) is 21.7. The van der Waals surface area contributed by atoms with Crippen LogP contribution in [0, 0.1) is 36.8 Å². The second-order valence-electron chi connectivity index (χ2n) is 8.92. The molecule has 2 N–H and O–H groups in total. The number of nitrogens with zero attached hydrogens (tertiary/aromatic N) is 5. The summed E-state index contributed by atoms with van der Waals surface area (Å²) in [6.45, 7) is 4.66. The molecule has 198 valence electrons. The number of halogens is 6. The molecule has 0 unspecified atom stereocenters. The van der Waals surface area contributed by atoms with Crippen LogP contribution in [0.5, 0.6) is 0 Å². The molecule has 8 nitrogen and oxygen atoms in total. The first-order valence-electron chi connectivity index (χ1n) is 10.9. The van der Waals surface area contributed by atoms with Crippen molar-refractivity contribution in [3.05, 3.63) is 53.1 Å². The Kier molecular flexibility index (Phi) is 7.69. The van der Waals surface area contributed by atoms with E-state index in [0.29, 0.717) is 13.0 Å². The number of benzene rings is 1. The molecule has 0 aliphatic carbocycles. The van der Waals surface area contributed by atoms with Gasteiger partial charge in [0.05, 0.1) is 35.6 Å². The number of amides is 1. The van der Waals surface area contributed by atoms with Crippen LogP contribution in [-0.4, -0.2) is 51.2 Å². The van der Waals surface area contributed by atoms with Gasteiger partial charge in [-0.05, 0) is 26.8 Å². The average Bonchev–Trinajstić information content (AvgIpc) is 3.37. The van der Waals surface area contributed by atoms with Gasteiger partial charge < -0.3 is 10.2 Å². The van der Waals surface area contributed by atoms with Gasteiger partial charge in [0.25, 0.3) is 5.91 Å². The Hall–Kier alpha value is -3.47. The summed E-state index contributed by atoms with van der Waals surface area (Å²) in [5, 5.41) is 22.5. The van der Waals surface area contributed by atoms with Gasteiger partial charge in [0.15, 0.2) is 0 Å². The molecule has 1 aliphatic rings. The van der Waals surface area contributed by atoms with Crippen molar-refractivity contribution in [2.45, 2.75) is 44.9 Å². The van der Waals surface area contributed by atoms with Crippen molar-refractivity contribution >= 4 is 28.6 Å². The minimum atomic E-state index is -4.73. The van der Waals surface area contributed by atoms with E-state index in [4.69, 9.17) is 0 Å². The summed E-state index contributed by atoms with van der Waals surface area (Å²) in [5.74, 6) is -3.51. The summed E-state index contributed by atoms with van der Waals surface area (Å²) in [5.41, 5.74) is 1.49. The smallest absolute Gasteiger partial charge is 0.364 e. The minimum Gasteiger partial charge on any atom is -0.364 e. The molecule has 1 saturated heterocycles. The van der Waals surface area contributed by atoms with E-state index < -0.39 is 40.9 Å². The third-order valence-corrected chi connectivity index (χ3v) is 6.32. The number of hydrogen-bond acceptors (Lipinski definition) is 5. The van der Waals surface area contributed by atoms with E-state index in [1.54, 1.807) is 22.4 Å². The van der Waals surface area contributed by atoms with Crippen LogP contribution in [0.4, 0.5) is 27.6 Å². The normalized spacial score (nSPS) is 15.4. The quantitative estimate of drug-likeness (QED) is 0.412. The number of anilines is 1. The van der Waals surface area contributed by atoms with Crippen LogP contribution in [0.25, 0.3) is 11.1 Å². The van der Waals surface area contributed by atoms with Crippen molar-refractivity contribution in [1.82, 2.24) is 25.3 Å². The molecule has 1 amide bonds. The summed E-state index contributed by atoms with van der Waals surface area (Å²) in [6, 6.07) is 1.22. The zero-order chi connectivity index (χ0) is 26.4. The summed E-state index contributed by atoms with van der Waals surface area (Å²) >= 11 is 0. The summed E-state index contributed by atoms with van der Waals surface area (Å²) in [6.07, 6.45) is -1.27. The van der Waals surface area contributed by atoms with Gasteiger partial charge >= 0.3 is 6.18 Å². The monoisotopic (exact) mass is 587 g/mol. The van der Waals surface area contributed by atoms with Crippen LogP contribution < -0.4 is 10.2 Å². The Morgan fingerprint density at radius 1 is 1.27 bits per heavy atom. The van der Waals surface area contributed by atoms with Gasteiger partial charge in [-0.3, -0.25) is 14.6 Å². The molecule has 3 aromatic rings. The third-order valence-electron chi connectivity index (χ3n) is 6.32. The van der Waals surface area contributed by atoms with Gasteiger partial charge in [-0.1, -0.05) is 0 Å². The van der Waals surface area contributed by atoms with Crippen LogP contribution in [0.1, 0.15) is 35.1 Å². The van der Waals surface area contributed by atoms with E-state index in [2.05, 4.69) is 21.4 Å². The molecule has 1 aliphatic heterocycles. The van der Waals surface area contributed by atoms with E-state index in [9.17, 15) is 32.0 Å². The Labute approximate surface area is 219 Å². The SMILES string of the molecule is Br.Cc1n[nH]c(C)c1-c1cnn(C2(CC#N)CN(c3cc(F)c(C(=O)N[C@@H](C)C(F)(F)F)cc3F)C2)c1. The first kappa shape index (κ1) is 28.1. The lowest BCUT2D eigenvalue weighted by Crippen LogP contribution is -2.63. The van der Waals surface area contributed by atoms with Gasteiger partial charge in [0.2, 0.25) is 0 Å². The van der Waals surface area contributed by atoms with Crippen molar-refractivity contribution < 1.29 is 26.7 Å². The van der Waals surface area contributed by atoms with E-state index in [1.807, 2.05) is 13.8 Å². The highest BCUT2D eigenvalue weighted by atomic mass is 79.9. The number of carbonyl (C=O) groups excluding carboxylic acids is 1. The number of aromatic amines is 1. The first-order chi connectivity index (χ1) is 16.9. The highest BCUT2D eigenvalue weighted by Crippen LogP contribution is 2.39. The second-order valence-corrected chi connectivity index (χ2v) is 8.92. The van der Waals surface area contributed by atoms with Gasteiger partial charge in [0, 0.05) is 42.2 Å². The number of nitrogens with one attached hydrogen (secondary N) is 2. The molecule has 4 rings (SSSR count). The molecular weight excluding hydrogens is 565 g/mol. The largest absolute Gasteiger partial charge is 0.408 e. The highest BCUT2D eigenvalue weighted by Gasteiger charge is 2.47. The lowest BCUT2D eigenvalue weighted by molar-refractivity contribution is -0.149. The number of aryl methyl sites for hydroxylation is 2. The van der Waals surface area contributed by atoms with Crippen molar-refractivity contribution in [2.24, 2.45) is 0 Å². The predicted molar refractivity (Wildman–Crippen MR) is 129 cm³/mol. The standard InChI is InChI=1S/C23H22F5N7O.BrH/c1-12-20(13(2)33-32-12)15-8-30-35(9-15)22(4-5-29)10-34(11-22)19-7-17(24)16(6-18(19)25)21(36)31-14(3)23(26,27)28;/h6-9,14H,4,10-11H2,1-3H3,(H,31,36)(H,32,33);1H/t14-;/m0./s1. The maximum Gasteiger partial charge on any atom is 0.408 e. The van der Waals surface area contributed by atoms with Crippen LogP contribution in [0.3, 0.4) is 0 Å². The summed E-state index contributed by atoms with van der Waals surface area (Å²) in [4.78, 5) is 13.6. The molecule has 1 fully saturated rings. The zero-order valence-electron chi connectivity index (χ0n) is 20.0. The average molecular weight is 588 g/mol. The van der Waals surface area contributed by atoms with Gasteiger partial charge in [-0.15, -0.1) is 17.0 Å². The van der Waals surface area contributed by atoms with E-state index >= 15 is 0 Å². The van der Waals surface area contributed by atoms with Gasteiger partial charge in [0.1, 0.15) is 23.2 Å². The lowest BCUT2D eigenvalue weighted by Gasteiger charge is -2.50. The Balaban J connectivity index is 0.00000380. The first-order valence-corrected chi connectivity index (χ1v) is 10.9. The summed E-state index contributed by atoms with van der Waals surface area (Å²) < 4.78 is 69.2. The maximum atomic E-state index is 14.8. The Morgan fingerprint density at radius 3 is 2.51 bits per heavy atom. The number of hydrogen-bond donors (Lipinski definition) is 2. The maximum absolute atomic E-state index is 14.8. The number of aromatic nitrogens is 4. The molecule has 0 spiro atoms. The van der Waals surface area contributed by atoms with Gasteiger partial charge in [-0.25, -0.2) is 8.78 Å². The minimum absolute atomic E-state index is 0. The second kappa shape index (κ2) is 10.1. The molecule has 37 heavy (non-hydrogen) atoms. The fourth-order valence-electron chi connectivity index (χ4n) is 4.32. The van der Waals surface area contributed by atoms with Crippen LogP contribution in [-0.2, 0) is 5.54 Å². The van der Waals surface area contributed by atoms with E-state index in [-0.39, 0.29) is 42.2 Å². The van der Waals surface area contributed by atoms with Crippen molar-refractivity contribution in [1.29, 1.82) is 5.26 Å². The van der Waals surface area contributed by atoms with Crippen molar-refractivity contribution in [2.75, 3.05) is 18.0 Å². The van der Waals surface area contributed by atoms with Crippen LogP contribution in [0.2, 0.25) is 0 Å². The molecule has 1 aromatic carbocycles. The fraction of sp³-hybridized carbons (Fsp3) is 0.391. The van der Waals surface area contributed by atoms with Gasteiger partial charge in [-0.2, -0.15) is 28.6 Å². The van der Waals surface area contributed by atoms with E-state index in [0.717, 1.165) is 28.6 Å².